The molecule has 0 aromatic heterocycles. The Hall–Kier alpha value is -0.0800. The number of allylic oxidation sites excluding steroid dienone is 1. The van der Waals surface area contributed by atoms with Crippen molar-refractivity contribution in [1.82, 2.24) is 0 Å². The molecule has 0 radical (unpaired) electrons. The molecule has 2 heteroatoms. The molecule has 0 aliphatic rings. The van der Waals surface area contributed by atoms with Gasteiger partial charge in [-0.3, -0.25) is 0 Å². The Bertz CT molecular complexity index is 277. The van der Waals surface area contributed by atoms with Gasteiger partial charge in [0.1, 0.15) is 0 Å². The summed E-state index contributed by atoms with van der Waals surface area (Å²) in [4.78, 5) is 0.421. The van der Waals surface area contributed by atoms with Gasteiger partial charge in [-0.05, 0) is 18.6 Å². The number of rotatable bonds is 2. The first-order valence-corrected chi connectivity index (χ1v) is 5.48. The van der Waals surface area contributed by atoms with Gasteiger partial charge < -0.3 is 0 Å². The first-order chi connectivity index (χ1) is 5.70. The first-order valence-electron chi connectivity index (χ1n) is 3.77. The van der Waals surface area contributed by atoms with Crippen LogP contribution in [0.3, 0.4) is 0 Å². The zero-order valence-electron chi connectivity index (χ0n) is 6.80. The van der Waals surface area contributed by atoms with Gasteiger partial charge in [0.05, 0.1) is 0 Å². The predicted octanol–water partition coefficient (Wildman–Crippen LogP) is 4.25. The van der Waals surface area contributed by atoms with Gasteiger partial charge in [0.15, 0.2) is 0 Å². The summed E-state index contributed by atoms with van der Waals surface area (Å²) in [5.74, 6) is 0. The van der Waals surface area contributed by atoms with Gasteiger partial charge in [-0.1, -0.05) is 62.2 Å². The molecule has 0 spiro atoms. The van der Waals surface area contributed by atoms with Gasteiger partial charge >= 0.3 is 0 Å². The van der Waals surface area contributed by atoms with Crippen LogP contribution in [0.25, 0.3) is 6.08 Å². The summed E-state index contributed by atoms with van der Waals surface area (Å²) in [5, 5.41) is 0. The largest absolute Gasteiger partial charge is 0.0848 e. The maximum atomic E-state index is 3.48. The minimum Gasteiger partial charge on any atom is -0.0848 e. The maximum absolute atomic E-state index is 3.48. The molecule has 1 unspecified atom stereocenters. The second-order valence-electron chi connectivity index (χ2n) is 2.56. The van der Waals surface area contributed by atoms with E-state index in [4.69, 9.17) is 0 Å². The number of benzene rings is 1. The zero-order valence-corrected chi connectivity index (χ0v) is 9.97. The van der Waals surface area contributed by atoms with Crippen LogP contribution in [-0.2, 0) is 0 Å². The van der Waals surface area contributed by atoms with E-state index in [2.05, 4.69) is 57.0 Å². The van der Waals surface area contributed by atoms with Crippen LogP contribution in [-0.4, -0.2) is 4.83 Å². The lowest BCUT2D eigenvalue weighted by Gasteiger charge is -1.97. The highest BCUT2D eigenvalue weighted by atomic mass is 79.9. The fraction of sp³-hybridized carbons (Fsp3) is 0.200. The van der Waals surface area contributed by atoms with Crippen molar-refractivity contribution in [3.05, 3.63) is 40.4 Å². The highest BCUT2D eigenvalue weighted by Gasteiger charge is 1.93. The topological polar surface area (TPSA) is 0 Å². The van der Waals surface area contributed by atoms with Crippen molar-refractivity contribution in [2.75, 3.05) is 0 Å². The van der Waals surface area contributed by atoms with Crippen LogP contribution < -0.4 is 0 Å². The van der Waals surface area contributed by atoms with Crippen molar-refractivity contribution in [2.45, 2.75) is 11.8 Å². The Kier molecular flexibility index (Phi) is 4.02. The molecule has 1 atom stereocenters. The molecule has 0 nitrogen and oxygen atoms in total. The average molecular weight is 290 g/mol. The molecule has 1 aromatic rings. The van der Waals surface area contributed by atoms with E-state index >= 15 is 0 Å². The van der Waals surface area contributed by atoms with Crippen LogP contribution in [0.1, 0.15) is 12.5 Å². The highest BCUT2D eigenvalue weighted by molar-refractivity contribution is 9.10. The Morgan fingerprint density at radius 3 is 2.58 bits per heavy atom. The summed E-state index contributed by atoms with van der Waals surface area (Å²) < 4.78 is 1.13. The molecule has 0 saturated heterocycles. The van der Waals surface area contributed by atoms with E-state index in [1.807, 2.05) is 18.2 Å². The van der Waals surface area contributed by atoms with Crippen molar-refractivity contribution in [3.8, 4) is 0 Å². The van der Waals surface area contributed by atoms with Crippen molar-refractivity contribution in [2.24, 2.45) is 0 Å². The Balaban J connectivity index is 2.82. The molecule has 0 bridgehead atoms. The van der Waals surface area contributed by atoms with E-state index in [-0.39, 0.29) is 0 Å². The van der Waals surface area contributed by atoms with E-state index in [9.17, 15) is 0 Å². The standard InChI is InChI=1S/C10H10Br2/c1-8(11)6-7-9-4-2-3-5-10(9)12/h2-8H,1H3/b7-6+. The van der Waals surface area contributed by atoms with Gasteiger partial charge in [-0.2, -0.15) is 0 Å². The van der Waals surface area contributed by atoms with Crippen molar-refractivity contribution >= 4 is 37.9 Å². The third-order valence-electron chi connectivity index (χ3n) is 1.45. The molecule has 0 aliphatic heterocycles. The van der Waals surface area contributed by atoms with E-state index < -0.39 is 0 Å². The molecular weight excluding hydrogens is 280 g/mol. The van der Waals surface area contributed by atoms with Crippen molar-refractivity contribution in [1.29, 1.82) is 0 Å². The van der Waals surface area contributed by atoms with Crippen LogP contribution in [0.15, 0.2) is 34.8 Å². The fourth-order valence-electron chi connectivity index (χ4n) is 0.847. The minimum atomic E-state index is 0.421. The molecule has 0 fully saturated rings. The molecule has 12 heavy (non-hydrogen) atoms. The van der Waals surface area contributed by atoms with Gasteiger partial charge in [0, 0.05) is 9.30 Å². The predicted molar refractivity (Wildman–Crippen MR) is 61.6 cm³/mol. The number of halogens is 2. The normalized spacial score (nSPS) is 13.6. The number of hydrogen-bond acceptors (Lipinski definition) is 0. The lowest BCUT2D eigenvalue weighted by Crippen LogP contribution is -1.80. The maximum Gasteiger partial charge on any atom is 0.0300 e. The molecule has 0 amide bonds. The summed E-state index contributed by atoms with van der Waals surface area (Å²) in [6.07, 6.45) is 4.21. The van der Waals surface area contributed by atoms with Crippen LogP contribution in [0.5, 0.6) is 0 Å². The van der Waals surface area contributed by atoms with Gasteiger partial charge in [0.2, 0.25) is 0 Å². The molecule has 0 heterocycles. The SMILES string of the molecule is CC(Br)/C=C/c1ccccc1Br. The molecule has 0 N–H and O–H groups in total. The third-order valence-corrected chi connectivity index (χ3v) is 2.47. The quantitative estimate of drug-likeness (QED) is 0.714. The smallest absolute Gasteiger partial charge is 0.0300 e. The lowest BCUT2D eigenvalue weighted by molar-refractivity contribution is 1.28. The van der Waals surface area contributed by atoms with Crippen molar-refractivity contribution in [3.63, 3.8) is 0 Å². The summed E-state index contributed by atoms with van der Waals surface area (Å²) in [6, 6.07) is 8.16. The van der Waals surface area contributed by atoms with E-state index in [0.717, 1.165) is 4.47 Å². The molecule has 0 saturated carbocycles. The van der Waals surface area contributed by atoms with Gasteiger partial charge in [-0.15, -0.1) is 0 Å². The Morgan fingerprint density at radius 2 is 2.00 bits per heavy atom. The zero-order chi connectivity index (χ0) is 8.97. The Labute approximate surface area is 89.9 Å². The minimum absolute atomic E-state index is 0.421. The summed E-state index contributed by atoms with van der Waals surface area (Å²) in [6.45, 7) is 2.09. The van der Waals surface area contributed by atoms with E-state index in [0.29, 0.717) is 4.83 Å². The second-order valence-corrected chi connectivity index (χ2v) is 4.86. The summed E-state index contributed by atoms with van der Waals surface area (Å²) >= 11 is 6.93. The highest BCUT2D eigenvalue weighted by Crippen LogP contribution is 2.17. The lowest BCUT2D eigenvalue weighted by atomic mass is 10.2. The van der Waals surface area contributed by atoms with Crippen LogP contribution in [0.2, 0.25) is 0 Å². The third kappa shape index (κ3) is 3.11. The van der Waals surface area contributed by atoms with Crippen LogP contribution >= 0.6 is 31.9 Å². The van der Waals surface area contributed by atoms with Crippen LogP contribution in [0, 0.1) is 0 Å². The first kappa shape index (κ1) is 10.0. The summed E-state index contributed by atoms with van der Waals surface area (Å²) in [7, 11) is 0. The van der Waals surface area contributed by atoms with Gasteiger partial charge in [0.25, 0.3) is 0 Å². The number of hydrogen-bond donors (Lipinski definition) is 0. The molecular formula is C10H10Br2. The molecule has 0 aliphatic carbocycles. The fourth-order valence-corrected chi connectivity index (χ4v) is 1.42. The molecule has 1 aromatic carbocycles. The second kappa shape index (κ2) is 4.83. The van der Waals surface area contributed by atoms with Gasteiger partial charge in [-0.25, -0.2) is 0 Å². The average Bonchev–Trinajstić information content (AvgIpc) is 2.03. The molecule has 64 valence electrons. The van der Waals surface area contributed by atoms with E-state index in [1.54, 1.807) is 0 Å². The molecule has 1 rings (SSSR count). The monoisotopic (exact) mass is 288 g/mol. The summed E-state index contributed by atoms with van der Waals surface area (Å²) in [5.41, 5.74) is 1.21. The number of alkyl halides is 1. The Morgan fingerprint density at radius 1 is 1.33 bits per heavy atom. The van der Waals surface area contributed by atoms with Crippen molar-refractivity contribution < 1.29 is 0 Å². The van der Waals surface area contributed by atoms with Crippen LogP contribution in [0.4, 0.5) is 0 Å². The van der Waals surface area contributed by atoms with E-state index in [1.165, 1.54) is 5.56 Å².